The van der Waals surface area contributed by atoms with Crippen LogP contribution in [0.3, 0.4) is 0 Å². The fourth-order valence-electron chi connectivity index (χ4n) is 1.84. The summed E-state index contributed by atoms with van der Waals surface area (Å²) in [6.45, 7) is 9.52. The molecule has 0 aromatic heterocycles. The van der Waals surface area contributed by atoms with Gasteiger partial charge in [0.1, 0.15) is 10.3 Å². The van der Waals surface area contributed by atoms with Gasteiger partial charge in [0.05, 0.1) is 12.5 Å². The molecule has 1 rings (SSSR count). The minimum absolute atomic E-state index is 0.219. The third-order valence-electron chi connectivity index (χ3n) is 2.69. The van der Waals surface area contributed by atoms with E-state index in [0.29, 0.717) is 18.8 Å². The largest absolute Gasteiger partial charge is 0.465 e. The molecule has 1 aliphatic rings. The molecule has 2 atom stereocenters. The molecule has 1 saturated heterocycles. The van der Waals surface area contributed by atoms with Crippen LogP contribution in [-0.2, 0) is 19.1 Å². The van der Waals surface area contributed by atoms with Crippen molar-refractivity contribution in [1.82, 2.24) is 0 Å². The van der Waals surface area contributed by atoms with Crippen LogP contribution in [0.5, 0.6) is 0 Å². The first-order valence-electron chi connectivity index (χ1n) is 6.22. The van der Waals surface area contributed by atoms with E-state index in [2.05, 4.69) is 0 Å². The Morgan fingerprint density at radius 2 is 2.00 bits per heavy atom. The standard InChI is InChI=1S/C13H22O4S/c1-6-16-11(15)13(5)7-9(8-18-13)10(14)17-12(2,3)4/h9H,6-8H2,1-5H3/t9-,13+/m0/s1. The molecular weight excluding hydrogens is 252 g/mol. The smallest absolute Gasteiger partial charge is 0.321 e. The number of carbonyl (C=O) groups is 2. The van der Waals surface area contributed by atoms with E-state index in [1.165, 1.54) is 11.8 Å². The fourth-order valence-corrected chi connectivity index (χ4v) is 3.15. The molecule has 0 aromatic carbocycles. The van der Waals surface area contributed by atoms with Gasteiger partial charge in [0, 0.05) is 5.75 Å². The van der Waals surface area contributed by atoms with Gasteiger partial charge >= 0.3 is 11.9 Å². The van der Waals surface area contributed by atoms with E-state index in [-0.39, 0.29) is 17.9 Å². The Bertz CT molecular complexity index is 334. The Labute approximate surface area is 113 Å². The fraction of sp³-hybridized carbons (Fsp3) is 0.846. The van der Waals surface area contributed by atoms with Crippen molar-refractivity contribution in [3.05, 3.63) is 0 Å². The van der Waals surface area contributed by atoms with Gasteiger partial charge in [0.2, 0.25) is 0 Å². The molecule has 0 amide bonds. The lowest BCUT2D eigenvalue weighted by atomic mass is 9.97. The van der Waals surface area contributed by atoms with Gasteiger partial charge in [-0.2, -0.15) is 0 Å². The zero-order chi connectivity index (χ0) is 14.0. The SMILES string of the molecule is CCOC(=O)[C@@]1(C)C[C@H](C(=O)OC(C)(C)C)CS1. The van der Waals surface area contributed by atoms with Crippen molar-refractivity contribution in [2.75, 3.05) is 12.4 Å². The molecule has 0 saturated carbocycles. The third-order valence-corrected chi connectivity index (χ3v) is 4.23. The average molecular weight is 274 g/mol. The average Bonchev–Trinajstić information content (AvgIpc) is 2.60. The molecule has 0 bridgehead atoms. The van der Waals surface area contributed by atoms with Crippen LogP contribution in [-0.4, -0.2) is 34.6 Å². The van der Waals surface area contributed by atoms with Crippen molar-refractivity contribution >= 4 is 23.7 Å². The molecule has 0 aromatic rings. The van der Waals surface area contributed by atoms with Crippen LogP contribution in [0, 0.1) is 5.92 Å². The van der Waals surface area contributed by atoms with E-state index < -0.39 is 10.3 Å². The third kappa shape index (κ3) is 3.90. The van der Waals surface area contributed by atoms with Crippen molar-refractivity contribution < 1.29 is 19.1 Å². The number of esters is 2. The summed E-state index contributed by atoms with van der Waals surface area (Å²) in [5, 5.41) is 0. The maximum Gasteiger partial charge on any atom is 0.321 e. The number of carbonyl (C=O) groups excluding carboxylic acids is 2. The Hall–Kier alpha value is -0.710. The van der Waals surface area contributed by atoms with E-state index in [0.717, 1.165) is 0 Å². The lowest BCUT2D eigenvalue weighted by Gasteiger charge is -2.23. The summed E-state index contributed by atoms with van der Waals surface area (Å²) >= 11 is 1.48. The molecule has 0 spiro atoms. The summed E-state index contributed by atoms with van der Waals surface area (Å²) in [7, 11) is 0. The lowest BCUT2D eigenvalue weighted by molar-refractivity contribution is -0.159. The van der Waals surface area contributed by atoms with Gasteiger partial charge < -0.3 is 9.47 Å². The van der Waals surface area contributed by atoms with Gasteiger partial charge in [-0.05, 0) is 41.0 Å². The molecule has 4 nitrogen and oxygen atoms in total. The first-order chi connectivity index (χ1) is 8.18. The van der Waals surface area contributed by atoms with Gasteiger partial charge in [0.25, 0.3) is 0 Å². The number of hydrogen-bond donors (Lipinski definition) is 0. The number of ether oxygens (including phenoxy) is 2. The lowest BCUT2D eigenvalue weighted by Crippen LogP contribution is -2.34. The van der Waals surface area contributed by atoms with Crippen molar-refractivity contribution in [2.24, 2.45) is 5.92 Å². The molecule has 0 unspecified atom stereocenters. The minimum atomic E-state index is -0.614. The van der Waals surface area contributed by atoms with Crippen LogP contribution in [0.25, 0.3) is 0 Å². The quantitative estimate of drug-likeness (QED) is 0.740. The molecule has 5 heteroatoms. The second-order valence-electron chi connectivity index (χ2n) is 5.70. The van der Waals surface area contributed by atoms with Crippen LogP contribution < -0.4 is 0 Å². The highest BCUT2D eigenvalue weighted by Crippen LogP contribution is 2.43. The van der Waals surface area contributed by atoms with Crippen LogP contribution in [0.15, 0.2) is 0 Å². The van der Waals surface area contributed by atoms with Gasteiger partial charge in [-0.25, -0.2) is 0 Å². The van der Waals surface area contributed by atoms with Crippen molar-refractivity contribution in [3.8, 4) is 0 Å². The van der Waals surface area contributed by atoms with Gasteiger partial charge in [0.15, 0.2) is 0 Å². The zero-order valence-electron chi connectivity index (χ0n) is 11.7. The predicted molar refractivity (Wildman–Crippen MR) is 71.4 cm³/mol. The van der Waals surface area contributed by atoms with Crippen LogP contribution in [0.2, 0.25) is 0 Å². The summed E-state index contributed by atoms with van der Waals surface area (Å²) in [5.41, 5.74) is -0.481. The number of hydrogen-bond acceptors (Lipinski definition) is 5. The first kappa shape index (κ1) is 15.3. The Kier molecular flexibility index (Phi) is 4.70. The van der Waals surface area contributed by atoms with E-state index in [4.69, 9.17) is 9.47 Å². The number of rotatable bonds is 3. The molecule has 104 valence electrons. The van der Waals surface area contributed by atoms with E-state index in [9.17, 15) is 9.59 Å². The summed E-state index contributed by atoms with van der Waals surface area (Å²) in [4.78, 5) is 23.8. The molecule has 0 N–H and O–H groups in total. The summed E-state index contributed by atoms with van der Waals surface area (Å²) in [6.07, 6.45) is 0.491. The van der Waals surface area contributed by atoms with E-state index in [1.54, 1.807) is 6.92 Å². The zero-order valence-corrected chi connectivity index (χ0v) is 12.6. The summed E-state index contributed by atoms with van der Waals surface area (Å²) in [5.74, 6) is -0.0581. The Balaban J connectivity index is 2.60. The van der Waals surface area contributed by atoms with E-state index in [1.807, 2.05) is 27.7 Å². The monoisotopic (exact) mass is 274 g/mol. The maximum atomic E-state index is 11.9. The van der Waals surface area contributed by atoms with Gasteiger partial charge in [-0.15, -0.1) is 11.8 Å². The minimum Gasteiger partial charge on any atom is -0.465 e. The highest BCUT2D eigenvalue weighted by molar-refractivity contribution is 8.01. The molecular formula is C13H22O4S. The van der Waals surface area contributed by atoms with Crippen molar-refractivity contribution in [2.45, 2.75) is 51.4 Å². The highest BCUT2D eigenvalue weighted by Gasteiger charge is 2.46. The van der Waals surface area contributed by atoms with Crippen molar-refractivity contribution in [1.29, 1.82) is 0 Å². The highest BCUT2D eigenvalue weighted by atomic mass is 32.2. The van der Waals surface area contributed by atoms with E-state index >= 15 is 0 Å². The molecule has 1 aliphatic heterocycles. The van der Waals surface area contributed by atoms with Crippen LogP contribution >= 0.6 is 11.8 Å². The number of thioether (sulfide) groups is 1. The summed E-state index contributed by atoms with van der Waals surface area (Å²) < 4.78 is 9.78. The first-order valence-corrected chi connectivity index (χ1v) is 7.20. The predicted octanol–water partition coefficient (Wildman–Crippen LogP) is 2.40. The molecule has 1 heterocycles. The summed E-state index contributed by atoms with van der Waals surface area (Å²) in [6, 6.07) is 0. The van der Waals surface area contributed by atoms with Crippen LogP contribution in [0.1, 0.15) is 41.0 Å². The van der Waals surface area contributed by atoms with Gasteiger partial charge in [-0.1, -0.05) is 0 Å². The topological polar surface area (TPSA) is 52.6 Å². The van der Waals surface area contributed by atoms with Crippen molar-refractivity contribution in [3.63, 3.8) is 0 Å². The molecule has 18 heavy (non-hydrogen) atoms. The Morgan fingerprint density at radius 3 is 2.50 bits per heavy atom. The van der Waals surface area contributed by atoms with Gasteiger partial charge in [-0.3, -0.25) is 9.59 Å². The molecule has 0 aliphatic carbocycles. The second-order valence-corrected chi connectivity index (χ2v) is 7.22. The maximum absolute atomic E-state index is 11.9. The van der Waals surface area contributed by atoms with Crippen LogP contribution in [0.4, 0.5) is 0 Å². The molecule has 0 radical (unpaired) electrons. The Morgan fingerprint density at radius 1 is 1.39 bits per heavy atom. The molecule has 1 fully saturated rings. The second kappa shape index (κ2) is 5.51. The normalized spacial score (nSPS) is 27.9.